The molecule has 0 spiro atoms. The Balaban J connectivity index is 2.38. The molecule has 0 heterocycles. The van der Waals surface area contributed by atoms with Gasteiger partial charge in [-0.2, -0.15) is 0 Å². The van der Waals surface area contributed by atoms with Gasteiger partial charge in [0.2, 0.25) is 0 Å². The number of hydrogen-bond donors (Lipinski definition) is 0. The Morgan fingerprint density at radius 2 is 1.73 bits per heavy atom. The van der Waals surface area contributed by atoms with E-state index in [1.165, 1.54) is 0 Å². The van der Waals surface area contributed by atoms with Gasteiger partial charge < -0.3 is 0 Å². The van der Waals surface area contributed by atoms with Crippen LogP contribution in [0.5, 0.6) is 0 Å². The molecule has 0 bridgehead atoms. The first-order valence-corrected chi connectivity index (χ1v) is 9.54. The van der Waals surface area contributed by atoms with Crippen LogP contribution in [-0.2, 0) is 15.6 Å². The Morgan fingerprint density at radius 1 is 1.09 bits per heavy atom. The summed E-state index contributed by atoms with van der Waals surface area (Å²) in [5, 5.41) is 0. The monoisotopic (exact) mass is 380 g/mol. The van der Waals surface area contributed by atoms with Gasteiger partial charge in [0.05, 0.1) is 5.75 Å². The van der Waals surface area contributed by atoms with Gasteiger partial charge in [-0.1, -0.05) is 58.7 Å². The number of aryl methyl sites for hydroxylation is 1. The molecule has 0 fully saturated rings. The second-order valence-electron chi connectivity index (χ2n) is 5.19. The summed E-state index contributed by atoms with van der Waals surface area (Å²) in [5.41, 5.74) is 2.77. The minimum absolute atomic E-state index is 0.0506. The first kappa shape index (κ1) is 16.9. The molecule has 116 valence electrons. The summed E-state index contributed by atoms with van der Waals surface area (Å²) >= 11 is 3.37. The first-order valence-electron chi connectivity index (χ1n) is 6.92. The second kappa shape index (κ2) is 6.75. The lowest BCUT2D eigenvalue weighted by atomic mass is 10.0. The van der Waals surface area contributed by atoms with E-state index in [0.29, 0.717) is 21.2 Å². The maximum absolute atomic E-state index is 12.6. The van der Waals surface area contributed by atoms with Crippen molar-refractivity contribution in [1.82, 2.24) is 0 Å². The van der Waals surface area contributed by atoms with E-state index in [1.807, 2.05) is 19.1 Å². The van der Waals surface area contributed by atoms with Gasteiger partial charge in [-0.15, -0.1) is 0 Å². The molecule has 0 aromatic heterocycles. The average molecular weight is 381 g/mol. The highest BCUT2D eigenvalue weighted by molar-refractivity contribution is 9.10. The summed E-state index contributed by atoms with van der Waals surface area (Å²) in [4.78, 5) is 12.6. The largest absolute Gasteiger partial charge is 0.289 e. The Labute approximate surface area is 139 Å². The van der Waals surface area contributed by atoms with Crippen molar-refractivity contribution in [2.75, 3.05) is 5.75 Å². The normalized spacial score (nSPS) is 11.4. The molecule has 0 unspecified atom stereocenters. The van der Waals surface area contributed by atoms with Crippen LogP contribution in [0.25, 0.3) is 0 Å². The quantitative estimate of drug-likeness (QED) is 0.738. The molecule has 2 aromatic rings. The third kappa shape index (κ3) is 4.05. The van der Waals surface area contributed by atoms with Crippen molar-refractivity contribution in [3.05, 3.63) is 69.2 Å². The zero-order chi connectivity index (χ0) is 16.3. The zero-order valence-corrected chi connectivity index (χ0v) is 14.9. The highest BCUT2D eigenvalue weighted by atomic mass is 79.9. The molecule has 0 aliphatic carbocycles. The molecule has 5 heteroatoms. The summed E-state index contributed by atoms with van der Waals surface area (Å²) in [6.07, 6.45) is 0. The van der Waals surface area contributed by atoms with Gasteiger partial charge in [-0.3, -0.25) is 4.79 Å². The number of benzene rings is 2. The van der Waals surface area contributed by atoms with Crippen LogP contribution in [-0.4, -0.2) is 20.0 Å². The van der Waals surface area contributed by atoms with Crippen LogP contribution in [0.15, 0.2) is 46.9 Å². The summed E-state index contributed by atoms with van der Waals surface area (Å²) in [7, 11) is -3.12. The maximum Gasteiger partial charge on any atom is 0.194 e. The van der Waals surface area contributed by atoms with Crippen molar-refractivity contribution < 1.29 is 13.2 Å². The molecule has 0 aliphatic heterocycles. The molecule has 0 saturated carbocycles. The number of carbonyl (C=O) groups excluding carboxylic acids is 1. The molecule has 2 aromatic carbocycles. The fourth-order valence-electron chi connectivity index (χ4n) is 2.05. The first-order chi connectivity index (χ1) is 10.3. The van der Waals surface area contributed by atoms with E-state index in [9.17, 15) is 13.2 Å². The fourth-order valence-corrected chi connectivity index (χ4v) is 3.37. The van der Waals surface area contributed by atoms with Crippen LogP contribution in [0.1, 0.15) is 34.0 Å². The molecule has 0 amide bonds. The van der Waals surface area contributed by atoms with Crippen LogP contribution in [0, 0.1) is 6.92 Å². The number of sulfone groups is 1. The van der Waals surface area contributed by atoms with Gasteiger partial charge >= 0.3 is 0 Å². The SMILES string of the molecule is CCS(=O)(=O)Cc1ccc(Br)c(C(=O)c2ccc(C)cc2)c1. The minimum Gasteiger partial charge on any atom is -0.289 e. The van der Waals surface area contributed by atoms with Crippen LogP contribution >= 0.6 is 15.9 Å². The van der Waals surface area contributed by atoms with Gasteiger partial charge in [0.15, 0.2) is 15.6 Å². The van der Waals surface area contributed by atoms with Gasteiger partial charge in [-0.05, 0) is 24.6 Å². The van der Waals surface area contributed by atoms with Gasteiger partial charge in [0.1, 0.15) is 0 Å². The summed E-state index contributed by atoms with van der Waals surface area (Å²) < 4.78 is 24.2. The van der Waals surface area contributed by atoms with E-state index in [-0.39, 0.29) is 17.3 Å². The molecule has 2 rings (SSSR count). The van der Waals surface area contributed by atoms with Crippen LogP contribution in [0.2, 0.25) is 0 Å². The van der Waals surface area contributed by atoms with Gasteiger partial charge in [-0.25, -0.2) is 8.42 Å². The zero-order valence-electron chi connectivity index (χ0n) is 12.5. The Morgan fingerprint density at radius 3 is 2.32 bits per heavy atom. The van der Waals surface area contributed by atoms with Crippen molar-refractivity contribution in [2.24, 2.45) is 0 Å². The standard InChI is InChI=1S/C17H17BrO3S/c1-3-22(20,21)11-13-6-9-16(18)15(10-13)17(19)14-7-4-12(2)5-8-14/h4-10H,3,11H2,1-2H3. The fraction of sp³-hybridized carbons (Fsp3) is 0.235. The lowest BCUT2D eigenvalue weighted by molar-refractivity contribution is 0.103. The predicted octanol–water partition coefficient (Wildman–Crippen LogP) is 3.92. The third-order valence-electron chi connectivity index (χ3n) is 3.42. The third-order valence-corrected chi connectivity index (χ3v) is 5.76. The molecule has 0 atom stereocenters. The van der Waals surface area contributed by atoms with Crippen molar-refractivity contribution in [1.29, 1.82) is 0 Å². The highest BCUT2D eigenvalue weighted by Gasteiger charge is 2.15. The Kier molecular flexibility index (Phi) is 5.19. The van der Waals surface area contributed by atoms with Crippen molar-refractivity contribution in [2.45, 2.75) is 19.6 Å². The highest BCUT2D eigenvalue weighted by Crippen LogP contribution is 2.23. The lowest BCUT2D eigenvalue weighted by Gasteiger charge is -2.08. The van der Waals surface area contributed by atoms with Crippen molar-refractivity contribution in [3.63, 3.8) is 0 Å². The summed E-state index contributed by atoms with van der Waals surface area (Å²) in [6.45, 7) is 3.58. The molecule has 0 saturated heterocycles. The number of carbonyl (C=O) groups is 1. The predicted molar refractivity (Wildman–Crippen MR) is 91.9 cm³/mol. The molecular weight excluding hydrogens is 364 g/mol. The van der Waals surface area contributed by atoms with Crippen molar-refractivity contribution in [3.8, 4) is 0 Å². The number of rotatable bonds is 5. The van der Waals surface area contributed by atoms with E-state index < -0.39 is 9.84 Å². The maximum atomic E-state index is 12.6. The Hall–Kier alpha value is -1.46. The average Bonchev–Trinajstić information content (AvgIpc) is 2.49. The molecule has 22 heavy (non-hydrogen) atoms. The number of hydrogen-bond acceptors (Lipinski definition) is 3. The van der Waals surface area contributed by atoms with E-state index in [0.717, 1.165) is 5.56 Å². The molecule has 3 nitrogen and oxygen atoms in total. The van der Waals surface area contributed by atoms with Crippen LogP contribution in [0.3, 0.4) is 0 Å². The van der Waals surface area contributed by atoms with Gasteiger partial charge in [0, 0.05) is 21.4 Å². The number of ketones is 1. The van der Waals surface area contributed by atoms with Crippen LogP contribution < -0.4 is 0 Å². The molecule has 0 radical (unpaired) electrons. The van der Waals surface area contributed by atoms with E-state index in [2.05, 4.69) is 15.9 Å². The molecule has 0 aliphatic rings. The topological polar surface area (TPSA) is 51.2 Å². The second-order valence-corrected chi connectivity index (χ2v) is 8.39. The smallest absolute Gasteiger partial charge is 0.194 e. The van der Waals surface area contributed by atoms with E-state index in [1.54, 1.807) is 37.3 Å². The lowest BCUT2D eigenvalue weighted by Crippen LogP contribution is -2.08. The van der Waals surface area contributed by atoms with Crippen molar-refractivity contribution >= 4 is 31.6 Å². The summed E-state index contributed by atoms with van der Waals surface area (Å²) in [6, 6.07) is 12.4. The Bertz CT molecular complexity index is 793. The van der Waals surface area contributed by atoms with Crippen LogP contribution in [0.4, 0.5) is 0 Å². The minimum atomic E-state index is -3.12. The van der Waals surface area contributed by atoms with Gasteiger partial charge in [0.25, 0.3) is 0 Å². The summed E-state index contributed by atoms with van der Waals surface area (Å²) in [5.74, 6) is -0.0856. The number of halogens is 1. The molecular formula is C17H17BrO3S. The van der Waals surface area contributed by atoms with E-state index in [4.69, 9.17) is 0 Å². The van der Waals surface area contributed by atoms with E-state index >= 15 is 0 Å². The molecule has 0 N–H and O–H groups in total.